The van der Waals surface area contributed by atoms with E-state index < -0.39 is 28.9 Å². The van der Waals surface area contributed by atoms with E-state index in [1.807, 2.05) is 12.1 Å². The van der Waals surface area contributed by atoms with Gasteiger partial charge < -0.3 is 23.9 Å². The Morgan fingerprint density at radius 2 is 1.74 bits per heavy atom. The van der Waals surface area contributed by atoms with Crippen molar-refractivity contribution in [2.75, 3.05) is 26.3 Å². The fraction of sp³-hybridized carbons (Fsp3) is 0.240. The third-order valence-electron chi connectivity index (χ3n) is 5.90. The molecule has 0 spiro atoms. The van der Waals surface area contributed by atoms with Crippen LogP contribution in [0.5, 0.6) is 17.2 Å². The molecule has 1 fully saturated rings. The second-order valence-electron chi connectivity index (χ2n) is 8.16. The molecule has 1 saturated heterocycles. The Morgan fingerprint density at radius 3 is 2.47 bits per heavy atom. The fourth-order valence-electron chi connectivity index (χ4n) is 4.16. The number of halogens is 3. The van der Waals surface area contributed by atoms with E-state index in [2.05, 4.69) is 0 Å². The molecule has 1 aromatic heterocycles. The lowest BCUT2D eigenvalue weighted by Crippen LogP contribution is -3.12. The van der Waals surface area contributed by atoms with E-state index in [0.29, 0.717) is 26.3 Å². The minimum atomic E-state index is -5.01. The highest BCUT2D eigenvalue weighted by Gasteiger charge is 2.41. The molecule has 1 N–H and O–H groups in total. The first-order valence-corrected chi connectivity index (χ1v) is 10.8. The molecule has 0 unspecified atom stereocenters. The van der Waals surface area contributed by atoms with Gasteiger partial charge in [-0.1, -0.05) is 42.1 Å². The van der Waals surface area contributed by atoms with Crippen molar-refractivity contribution in [3.63, 3.8) is 0 Å². The van der Waals surface area contributed by atoms with Crippen LogP contribution in [-0.2, 0) is 17.5 Å². The number of ether oxygens (including phenoxy) is 2. The Bertz CT molecular complexity index is 1420. The van der Waals surface area contributed by atoms with Crippen molar-refractivity contribution < 1.29 is 37.1 Å². The van der Waals surface area contributed by atoms with E-state index in [-0.39, 0.29) is 28.8 Å². The van der Waals surface area contributed by atoms with Crippen molar-refractivity contribution in [1.29, 1.82) is 0 Å². The molecule has 0 bridgehead atoms. The predicted octanol–water partition coefficient (Wildman–Crippen LogP) is 3.25. The van der Waals surface area contributed by atoms with Gasteiger partial charge in [-0.2, -0.15) is 13.2 Å². The Kier molecular flexibility index (Phi) is 5.66. The fourth-order valence-corrected chi connectivity index (χ4v) is 4.16. The van der Waals surface area contributed by atoms with Gasteiger partial charge in [-0.05, 0) is 29.0 Å². The van der Waals surface area contributed by atoms with E-state index in [1.165, 1.54) is 18.2 Å². The molecule has 5 rings (SSSR count). The van der Waals surface area contributed by atoms with Crippen LogP contribution in [0.4, 0.5) is 13.2 Å². The summed E-state index contributed by atoms with van der Waals surface area (Å²) in [6.45, 7) is 2.28. The van der Waals surface area contributed by atoms with Crippen molar-refractivity contribution in [2.24, 2.45) is 0 Å². The molecule has 1 aliphatic rings. The lowest BCUT2D eigenvalue weighted by Gasteiger charge is -2.26. The molecule has 4 aromatic rings. The molecule has 0 amide bonds. The quantitative estimate of drug-likeness (QED) is 0.495. The number of hydrogen-bond donors (Lipinski definition) is 1. The number of nitrogens with one attached hydrogen (secondary N) is 1. The van der Waals surface area contributed by atoms with Gasteiger partial charge >= 0.3 is 6.18 Å². The van der Waals surface area contributed by atoms with Gasteiger partial charge in [0.25, 0.3) is 5.76 Å². The van der Waals surface area contributed by atoms with Crippen LogP contribution in [0.3, 0.4) is 0 Å². The second-order valence-corrected chi connectivity index (χ2v) is 8.16. The summed E-state index contributed by atoms with van der Waals surface area (Å²) in [6.07, 6.45) is -5.01. The summed E-state index contributed by atoms with van der Waals surface area (Å²) in [5.74, 6) is -2.94. The Balaban J connectivity index is 1.64. The third-order valence-corrected chi connectivity index (χ3v) is 5.90. The van der Waals surface area contributed by atoms with Gasteiger partial charge in [0.2, 0.25) is 11.2 Å². The van der Waals surface area contributed by atoms with Crippen LogP contribution in [0.1, 0.15) is 11.3 Å². The topological polar surface area (TPSA) is 76.2 Å². The third kappa shape index (κ3) is 4.20. The molecule has 3 aromatic carbocycles. The average Bonchev–Trinajstić information content (AvgIpc) is 2.82. The zero-order valence-electron chi connectivity index (χ0n) is 17.9. The van der Waals surface area contributed by atoms with Crippen molar-refractivity contribution in [2.45, 2.75) is 12.7 Å². The van der Waals surface area contributed by atoms with Gasteiger partial charge in [-0.3, -0.25) is 4.79 Å². The smallest absolute Gasteiger partial charge is 0.453 e. The highest BCUT2D eigenvalue weighted by molar-refractivity contribution is 5.85. The Morgan fingerprint density at radius 1 is 1.00 bits per heavy atom. The summed E-state index contributed by atoms with van der Waals surface area (Å²) in [7, 11) is 0. The maximum Gasteiger partial charge on any atom is 0.453 e. The molecule has 9 heteroatoms. The molecule has 34 heavy (non-hydrogen) atoms. The Labute approximate surface area is 191 Å². The van der Waals surface area contributed by atoms with Crippen LogP contribution < -0.4 is 20.2 Å². The van der Waals surface area contributed by atoms with E-state index in [9.17, 15) is 23.1 Å². The van der Waals surface area contributed by atoms with Crippen molar-refractivity contribution in [3.05, 3.63) is 76.1 Å². The number of fused-ring (bicyclic) bond motifs is 2. The first-order valence-electron chi connectivity index (χ1n) is 10.8. The van der Waals surface area contributed by atoms with Gasteiger partial charge in [-0.15, -0.1) is 0 Å². The number of quaternary nitrogens is 1. The van der Waals surface area contributed by atoms with E-state index >= 15 is 0 Å². The molecule has 0 radical (unpaired) electrons. The molecule has 176 valence electrons. The lowest BCUT2D eigenvalue weighted by molar-refractivity contribution is -0.921. The second kappa shape index (κ2) is 8.66. The average molecular weight is 471 g/mol. The molecule has 6 nitrogen and oxygen atoms in total. The van der Waals surface area contributed by atoms with Crippen LogP contribution in [0.2, 0.25) is 0 Å². The lowest BCUT2D eigenvalue weighted by atomic mass is 10.1. The summed E-state index contributed by atoms with van der Waals surface area (Å²) >= 11 is 0. The minimum Gasteiger partial charge on any atom is -0.872 e. The van der Waals surface area contributed by atoms with Gasteiger partial charge in [-0.25, -0.2) is 0 Å². The monoisotopic (exact) mass is 471 g/mol. The summed E-state index contributed by atoms with van der Waals surface area (Å²) in [5.41, 5.74) is -1.30. The van der Waals surface area contributed by atoms with Gasteiger partial charge in [0.1, 0.15) is 31.0 Å². The van der Waals surface area contributed by atoms with E-state index in [0.717, 1.165) is 15.7 Å². The number of morpholine rings is 1. The number of rotatable bonds is 4. The van der Waals surface area contributed by atoms with E-state index in [1.54, 1.807) is 24.3 Å². The largest absolute Gasteiger partial charge is 0.872 e. The molecule has 0 saturated carbocycles. The molecule has 0 aliphatic carbocycles. The van der Waals surface area contributed by atoms with Crippen LogP contribution in [-0.4, -0.2) is 26.3 Å². The minimum absolute atomic E-state index is 0.0363. The molecule has 1 aliphatic heterocycles. The molecular weight excluding hydrogens is 451 g/mol. The summed E-state index contributed by atoms with van der Waals surface area (Å²) in [5, 5.41) is 14.0. The van der Waals surface area contributed by atoms with Gasteiger partial charge in [0.05, 0.1) is 18.6 Å². The summed E-state index contributed by atoms with van der Waals surface area (Å²) < 4.78 is 58.0. The van der Waals surface area contributed by atoms with Crippen LogP contribution in [0.15, 0.2) is 63.8 Å². The highest BCUT2D eigenvalue weighted by Crippen LogP contribution is 2.39. The summed E-state index contributed by atoms with van der Waals surface area (Å²) in [6, 6.07) is 14.4. The standard InChI is InChI=1S/C25H20F3NO5/c26-25(27,28)24-23(33-17-6-5-15-3-1-2-4-16(15)13-17)21(31)18-7-8-20(30)19(22(18)34-24)14-29-9-11-32-12-10-29/h1-8,13,30H,9-12,14H2. The SMILES string of the molecule is O=c1c(Oc2ccc3ccccc3c2)c(C(F)(F)F)oc2c(C[NH+]3CCOCC3)c([O-])ccc12. The maximum atomic E-state index is 14.0. The van der Waals surface area contributed by atoms with Gasteiger partial charge in [0, 0.05) is 5.56 Å². The first kappa shape index (κ1) is 22.2. The van der Waals surface area contributed by atoms with Crippen molar-refractivity contribution in [1.82, 2.24) is 0 Å². The van der Waals surface area contributed by atoms with Crippen LogP contribution in [0.25, 0.3) is 21.7 Å². The first-order chi connectivity index (χ1) is 16.3. The highest BCUT2D eigenvalue weighted by atomic mass is 19.4. The van der Waals surface area contributed by atoms with Crippen LogP contribution >= 0.6 is 0 Å². The molecule has 0 atom stereocenters. The number of hydrogen-bond acceptors (Lipinski definition) is 5. The van der Waals surface area contributed by atoms with Crippen molar-refractivity contribution >= 4 is 21.7 Å². The van der Waals surface area contributed by atoms with Crippen molar-refractivity contribution in [3.8, 4) is 17.2 Å². The van der Waals surface area contributed by atoms with Gasteiger partial charge in [0.15, 0.2) is 0 Å². The number of benzene rings is 3. The van der Waals surface area contributed by atoms with E-state index in [4.69, 9.17) is 13.9 Å². The Hall–Kier alpha value is -3.56. The zero-order valence-corrected chi connectivity index (χ0v) is 17.9. The predicted molar refractivity (Wildman–Crippen MR) is 116 cm³/mol. The summed E-state index contributed by atoms with van der Waals surface area (Å²) in [4.78, 5) is 14.2. The normalized spacial score (nSPS) is 15.1. The number of alkyl halides is 3. The maximum absolute atomic E-state index is 14.0. The zero-order chi connectivity index (χ0) is 23.9. The molecule has 2 heterocycles. The molecular formula is C25H20F3NO5. The van der Waals surface area contributed by atoms with Crippen LogP contribution in [0, 0.1) is 0 Å².